The second kappa shape index (κ2) is 6.07. The molecule has 0 aromatic heterocycles. The van der Waals surface area contributed by atoms with E-state index in [9.17, 15) is 9.59 Å². The smallest absolute Gasteiger partial charge is 0.315 e. The molecule has 5 atom stereocenters. The minimum atomic E-state index is -0.898. The zero-order chi connectivity index (χ0) is 13.9. The molecular formula is C13H24N2O3. The van der Waals surface area contributed by atoms with Crippen LogP contribution in [0.15, 0.2) is 0 Å². The number of carbonyl (C=O) groups is 2. The van der Waals surface area contributed by atoms with Gasteiger partial charge in [0.1, 0.15) is 0 Å². The Morgan fingerprint density at radius 1 is 1.22 bits per heavy atom. The molecule has 0 radical (unpaired) electrons. The molecule has 1 saturated carbocycles. The van der Waals surface area contributed by atoms with Gasteiger partial charge in [0, 0.05) is 12.1 Å². The molecule has 5 heteroatoms. The summed E-state index contributed by atoms with van der Waals surface area (Å²) >= 11 is 0. The molecule has 3 N–H and O–H groups in total. The highest BCUT2D eigenvalue weighted by atomic mass is 16.4. The van der Waals surface area contributed by atoms with Gasteiger partial charge in [-0.3, -0.25) is 4.79 Å². The summed E-state index contributed by atoms with van der Waals surface area (Å²) in [7, 11) is 0. The molecule has 5 nitrogen and oxygen atoms in total. The van der Waals surface area contributed by atoms with Crippen LogP contribution < -0.4 is 10.6 Å². The number of rotatable bonds is 4. The first-order valence-electron chi connectivity index (χ1n) is 6.62. The maximum Gasteiger partial charge on any atom is 0.315 e. The molecule has 5 unspecified atom stereocenters. The average molecular weight is 256 g/mol. The Kier molecular flexibility index (Phi) is 4.99. The first-order valence-corrected chi connectivity index (χ1v) is 6.62. The Labute approximate surface area is 108 Å². The molecule has 1 aliphatic rings. The van der Waals surface area contributed by atoms with Gasteiger partial charge in [-0.25, -0.2) is 4.79 Å². The van der Waals surface area contributed by atoms with E-state index in [1.807, 2.05) is 0 Å². The van der Waals surface area contributed by atoms with Crippen LogP contribution in [0.4, 0.5) is 4.79 Å². The fourth-order valence-corrected chi connectivity index (χ4v) is 2.32. The van der Waals surface area contributed by atoms with E-state index in [1.54, 1.807) is 13.8 Å². The van der Waals surface area contributed by atoms with Gasteiger partial charge in [-0.05, 0) is 38.5 Å². The Bertz CT molecular complexity index is 319. The van der Waals surface area contributed by atoms with Crippen LogP contribution in [-0.4, -0.2) is 29.2 Å². The van der Waals surface area contributed by atoms with Crippen LogP contribution in [0.25, 0.3) is 0 Å². The van der Waals surface area contributed by atoms with Crippen molar-refractivity contribution in [3.05, 3.63) is 0 Å². The summed E-state index contributed by atoms with van der Waals surface area (Å²) in [6, 6.07) is -0.439. The molecule has 0 aliphatic heterocycles. The number of carboxylic acids is 1. The number of hydrogen-bond donors (Lipinski definition) is 3. The fraction of sp³-hybridized carbons (Fsp3) is 0.846. The maximum atomic E-state index is 11.8. The van der Waals surface area contributed by atoms with E-state index in [-0.39, 0.29) is 18.1 Å². The van der Waals surface area contributed by atoms with E-state index in [1.165, 1.54) is 0 Å². The molecule has 1 rings (SSSR count). The van der Waals surface area contributed by atoms with Crippen molar-refractivity contribution in [2.75, 3.05) is 0 Å². The van der Waals surface area contributed by atoms with Gasteiger partial charge in [-0.1, -0.05) is 13.8 Å². The lowest BCUT2D eigenvalue weighted by Crippen LogP contribution is -2.49. The zero-order valence-electron chi connectivity index (χ0n) is 11.6. The second-order valence-electron chi connectivity index (χ2n) is 5.55. The van der Waals surface area contributed by atoms with E-state index in [2.05, 4.69) is 24.5 Å². The van der Waals surface area contributed by atoms with Crippen LogP contribution in [0.5, 0.6) is 0 Å². The fourth-order valence-electron chi connectivity index (χ4n) is 2.32. The Hall–Kier alpha value is -1.26. The maximum absolute atomic E-state index is 11.8. The molecule has 1 aliphatic carbocycles. The summed E-state index contributed by atoms with van der Waals surface area (Å²) in [6.07, 6.45) is 2.13. The van der Waals surface area contributed by atoms with Crippen molar-refractivity contribution < 1.29 is 14.7 Å². The molecule has 0 aromatic rings. The summed E-state index contributed by atoms with van der Waals surface area (Å²) < 4.78 is 0. The largest absolute Gasteiger partial charge is 0.481 e. The first-order chi connectivity index (χ1) is 8.32. The molecule has 0 aromatic carbocycles. The third kappa shape index (κ3) is 3.62. The van der Waals surface area contributed by atoms with Crippen molar-refractivity contribution in [3.8, 4) is 0 Å². The lowest BCUT2D eigenvalue weighted by atomic mass is 9.98. The van der Waals surface area contributed by atoms with Crippen LogP contribution in [0.1, 0.15) is 40.5 Å². The van der Waals surface area contributed by atoms with Crippen molar-refractivity contribution >= 4 is 12.0 Å². The molecular weight excluding hydrogens is 232 g/mol. The van der Waals surface area contributed by atoms with Crippen molar-refractivity contribution in [1.82, 2.24) is 10.6 Å². The Balaban J connectivity index is 2.40. The summed E-state index contributed by atoms with van der Waals surface area (Å²) in [5.41, 5.74) is 0. The number of carbonyl (C=O) groups excluding carboxylic acids is 1. The van der Waals surface area contributed by atoms with Gasteiger partial charge in [0.25, 0.3) is 0 Å². The molecule has 0 bridgehead atoms. The summed E-state index contributed by atoms with van der Waals surface area (Å²) in [6.45, 7) is 7.64. The minimum absolute atomic E-state index is 0.201. The normalized spacial score (nSPS) is 30.6. The monoisotopic (exact) mass is 256 g/mol. The predicted molar refractivity (Wildman–Crippen MR) is 69.3 cm³/mol. The lowest BCUT2D eigenvalue weighted by molar-refractivity contribution is -0.141. The highest BCUT2D eigenvalue weighted by Gasteiger charge is 2.31. The second-order valence-corrected chi connectivity index (χ2v) is 5.55. The van der Waals surface area contributed by atoms with Crippen LogP contribution in [0.2, 0.25) is 0 Å². The molecule has 104 valence electrons. The van der Waals surface area contributed by atoms with Crippen LogP contribution in [-0.2, 0) is 4.79 Å². The van der Waals surface area contributed by atoms with E-state index in [0.717, 1.165) is 12.8 Å². The number of hydrogen-bond acceptors (Lipinski definition) is 2. The first kappa shape index (κ1) is 14.8. The molecule has 0 saturated heterocycles. The molecule has 0 spiro atoms. The number of urea groups is 1. The van der Waals surface area contributed by atoms with E-state index in [0.29, 0.717) is 11.8 Å². The SMILES string of the molecule is CC1CCC(NC(=O)NC(C)C(C)C(=O)O)C1C. The van der Waals surface area contributed by atoms with E-state index in [4.69, 9.17) is 5.11 Å². The summed E-state index contributed by atoms with van der Waals surface area (Å²) in [4.78, 5) is 22.6. The quantitative estimate of drug-likeness (QED) is 0.718. The van der Waals surface area contributed by atoms with E-state index >= 15 is 0 Å². The molecule has 1 fully saturated rings. The van der Waals surface area contributed by atoms with Crippen molar-refractivity contribution in [2.24, 2.45) is 17.8 Å². The van der Waals surface area contributed by atoms with Crippen LogP contribution in [0, 0.1) is 17.8 Å². The van der Waals surface area contributed by atoms with Crippen LogP contribution in [0.3, 0.4) is 0 Å². The molecule has 18 heavy (non-hydrogen) atoms. The zero-order valence-corrected chi connectivity index (χ0v) is 11.6. The van der Waals surface area contributed by atoms with Gasteiger partial charge in [-0.15, -0.1) is 0 Å². The molecule has 0 heterocycles. The minimum Gasteiger partial charge on any atom is -0.481 e. The van der Waals surface area contributed by atoms with E-state index < -0.39 is 11.9 Å². The van der Waals surface area contributed by atoms with Crippen molar-refractivity contribution in [2.45, 2.75) is 52.6 Å². The third-order valence-corrected chi connectivity index (χ3v) is 4.28. The summed E-state index contributed by atoms with van der Waals surface area (Å²) in [5.74, 6) is -0.380. The molecule has 2 amide bonds. The van der Waals surface area contributed by atoms with Gasteiger partial charge in [0.2, 0.25) is 0 Å². The van der Waals surface area contributed by atoms with Gasteiger partial charge >= 0.3 is 12.0 Å². The Morgan fingerprint density at radius 3 is 2.28 bits per heavy atom. The number of aliphatic carboxylic acids is 1. The van der Waals surface area contributed by atoms with Crippen LogP contribution >= 0.6 is 0 Å². The highest BCUT2D eigenvalue weighted by Crippen LogP contribution is 2.30. The average Bonchev–Trinajstić information content (AvgIpc) is 2.59. The number of carboxylic acid groups (broad SMARTS) is 1. The summed E-state index contributed by atoms with van der Waals surface area (Å²) in [5, 5.41) is 14.5. The van der Waals surface area contributed by atoms with Gasteiger partial charge < -0.3 is 15.7 Å². The highest BCUT2D eigenvalue weighted by molar-refractivity contribution is 5.76. The van der Waals surface area contributed by atoms with Gasteiger partial charge in [-0.2, -0.15) is 0 Å². The lowest BCUT2D eigenvalue weighted by Gasteiger charge is -2.23. The Morgan fingerprint density at radius 2 is 1.83 bits per heavy atom. The standard InChI is InChI=1S/C13H24N2O3/c1-7-5-6-11(8(7)2)15-13(18)14-10(4)9(3)12(16)17/h7-11H,5-6H2,1-4H3,(H,16,17)(H2,14,15,18). The van der Waals surface area contributed by atoms with Crippen molar-refractivity contribution in [1.29, 1.82) is 0 Å². The third-order valence-electron chi connectivity index (χ3n) is 4.28. The van der Waals surface area contributed by atoms with Gasteiger partial charge in [0.05, 0.1) is 5.92 Å². The topological polar surface area (TPSA) is 78.4 Å². The number of nitrogens with one attached hydrogen (secondary N) is 2. The number of amides is 2. The van der Waals surface area contributed by atoms with Gasteiger partial charge in [0.15, 0.2) is 0 Å². The predicted octanol–water partition coefficient (Wildman–Crippen LogP) is 1.83. The van der Waals surface area contributed by atoms with Crippen molar-refractivity contribution in [3.63, 3.8) is 0 Å².